The van der Waals surface area contributed by atoms with Crippen molar-refractivity contribution in [2.24, 2.45) is 0 Å². The van der Waals surface area contributed by atoms with Gasteiger partial charge in [0.25, 0.3) is 0 Å². The number of hydrogen-bond donors (Lipinski definition) is 0. The lowest BCUT2D eigenvalue weighted by Gasteiger charge is -2.08. The molecule has 0 unspecified atom stereocenters. The van der Waals surface area contributed by atoms with Crippen molar-refractivity contribution in [1.82, 2.24) is 4.98 Å². The smallest absolute Gasteiger partial charge is 0.123 e. The zero-order chi connectivity index (χ0) is 11.8. The monoisotopic (exact) mass is 225 g/mol. The van der Waals surface area contributed by atoms with Gasteiger partial charge in [0.05, 0.1) is 5.69 Å². The van der Waals surface area contributed by atoms with Crippen LogP contribution in [0.1, 0.15) is 22.4 Å². The Labute approximate surface area is 99.6 Å². The summed E-state index contributed by atoms with van der Waals surface area (Å²) in [6.45, 7) is 4.10. The Balaban J connectivity index is 2.20. The van der Waals surface area contributed by atoms with Crippen molar-refractivity contribution in [3.63, 3.8) is 0 Å². The van der Waals surface area contributed by atoms with Gasteiger partial charge in [-0.1, -0.05) is 18.7 Å². The molecule has 0 bridgehead atoms. The van der Waals surface area contributed by atoms with E-state index in [1.54, 1.807) is 18.3 Å². The standard InChI is InChI=1S/C15H12FN/c1-10-14-7-6-13(16)9-12(14)5-4-11-3-2-8-17-15(10)11/h2-3,6-9H,1,4-5H2. The molecular formula is C15H12FN. The van der Waals surface area contributed by atoms with E-state index in [1.165, 1.54) is 11.6 Å². The second-order valence-electron chi connectivity index (χ2n) is 4.29. The molecule has 3 rings (SSSR count). The molecule has 2 aromatic rings. The Morgan fingerprint density at radius 1 is 1.12 bits per heavy atom. The van der Waals surface area contributed by atoms with Crippen LogP contribution in [-0.2, 0) is 12.8 Å². The average molecular weight is 225 g/mol. The molecule has 0 aliphatic heterocycles. The summed E-state index contributed by atoms with van der Waals surface area (Å²) in [7, 11) is 0. The quantitative estimate of drug-likeness (QED) is 0.669. The summed E-state index contributed by atoms with van der Waals surface area (Å²) in [6, 6.07) is 8.89. The van der Waals surface area contributed by atoms with Crippen molar-refractivity contribution >= 4 is 5.57 Å². The maximum atomic E-state index is 13.2. The molecule has 0 radical (unpaired) electrons. The number of halogens is 1. The molecule has 0 fully saturated rings. The van der Waals surface area contributed by atoms with Gasteiger partial charge < -0.3 is 0 Å². The number of pyridine rings is 1. The predicted octanol–water partition coefficient (Wildman–Crippen LogP) is 3.38. The normalized spacial score (nSPS) is 13.8. The lowest BCUT2D eigenvalue weighted by molar-refractivity contribution is 0.625. The van der Waals surface area contributed by atoms with E-state index in [0.29, 0.717) is 0 Å². The molecule has 0 saturated carbocycles. The molecule has 0 N–H and O–H groups in total. The highest BCUT2D eigenvalue weighted by molar-refractivity contribution is 5.80. The third-order valence-corrected chi connectivity index (χ3v) is 3.23. The van der Waals surface area contributed by atoms with Crippen LogP contribution >= 0.6 is 0 Å². The van der Waals surface area contributed by atoms with Crippen molar-refractivity contribution in [1.29, 1.82) is 0 Å². The Kier molecular flexibility index (Phi) is 2.29. The molecule has 1 aliphatic rings. The van der Waals surface area contributed by atoms with Gasteiger partial charge in [0.2, 0.25) is 0 Å². The van der Waals surface area contributed by atoms with E-state index in [2.05, 4.69) is 17.6 Å². The number of fused-ring (bicyclic) bond motifs is 2. The minimum absolute atomic E-state index is 0.185. The van der Waals surface area contributed by atoms with Crippen LogP contribution in [0.2, 0.25) is 0 Å². The van der Waals surface area contributed by atoms with Crippen LogP contribution in [0.4, 0.5) is 4.39 Å². The van der Waals surface area contributed by atoms with E-state index >= 15 is 0 Å². The summed E-state index contributed by atoms with van der Waals surface area (Å²) < 4.78 is 13.2. The number of aryl methyl sites for hydroxylation is 2. The SMILES string of the molecule is C=C1c2ccc(F)cc2CCc2cccnc21. The van der Waals surface area contributed by atoms with Crippen LogP contribution in [0.5, 0.6) is 0 Å². The summed E-state index contributed by atoms with van der Waals surface area (Å²) in [5.74, 6) is -0.185. The molecule has 1 heterocycles. The third-order valence-electron chi connectivity index (χ3n) is 3.23. The Hall–Kier alpha value is -1.96. The van der Waals surface area contributed by atoms with Crippen molar-refractivity contribution in [3.8, 4) is 0 Å². The molecule has 1 aromatic carbocycles. The van der Waals surface area contributed by atoms with Gasteiger partial charge >= 0.3 is 0 Å². The second-order valence-corrected chi connectivity index (χ2v) is 4.29. The Morgan fingerprint density at radius 3 is 2.82 bits per heavy atom. The highest BCUT2D eigenvalue weighted by Crippen LogP contribution is 2.30. The molecule has 1 aromatic heterocycles. The van der Waals surface area contributed by atoms with Crippen molar-refractivity contribution in [3.05, 3.63) is 71.3 Å². The zero-order valence-electron chi connectivity index (χ0n) is 9.41. The van der Waals surface area contributed by atoms with E-state index in [9.17, 15) is 4.39 Å². The fourth-order valence-corrected chi connectivity index (χ4v) is 2.37. The fraction of sp³-hybridized carbons (Fsp3) is 0.133. The van der Waals surface area contributed by atoms with Crippen LogP contribution in [0.15, 0.2) is 43.1 Å². The van der Waals surface area contributed by atoms with Gasteiger partial charge in [-0.15, -0.1) is 0 Å². The first-order valence-electron chi connectivity index (χ1n) is 5.67. The minimum atomic E-state index is -0.185. The molecule has 0 amide bonds. The maximum Gasteiger partial charge on any atom is 0.123 e. The van der Waals surface area contributed by atoms with Gasteiger partial charge in [0.15, 0.2) is 0 Å². The second kappa shape index (κ2) is 3.81. The summed E-state index contributed by atoms with van der Waals surface area (Å²) in [4.78, 5) is 4.39. The van der Waals surface area contributed by atoms with Crippen molar-refractivity contribution in [2.75, 3.05) is 0 Å². The topological polar surface area (TPSA) is 12.9 Å². The van der Waals surface area contributed by atoms with Gasteiger partial charge in [-0.3, -0.25) is 4.98 Å². The number of benzene rings is 1. The molecule has 0 saturated heterocycles. The minimum Gasteiger partial charge on any atom is -0.256 e. The number of aromatic nitrogens is 1. The molecule has 2 heteroatoms. The van der Waals surface area contributed by atoms with E-state index in [-0.39, 0.29) is 5.82 Å². The molecular weight excluding hydrogens is 213 g/mol. The first kappa shape index (κ1) is 10.2. The van der Waals surface area contributed by atoms with Gasteiger partial charge in [0.1, 0.15) is 5.82 Å². The van der Waals surface area contributed by atoms with Crippen molar-refractivity contribution < 1.29 is 4.39 Å². The van der Waals surface area contributed by atoms with Gasteiger partial charge in [-0.25, -0.2) is 4.39 Å². The molecule has 1 aliphatic carbocycles. The fourth-order valence-electron chi connectivity index (χ4n) is 2.37. The molecule has 1 nitrogen and oxygen atoms in total. The Bertz CT molecular complexity index is 602. The highest BCUT2D eigenvalue weighted by atomic mass is 19.1. The largest absolute Gasteiger partial charge is 0.256 e. The molecule has 84 valence electrons. The molecule has 0 atom stereocenters. The third kappa shape index (κ3) is 1.66. The first-order chi connectivity index (χ1) is 8.25. The lowest BCUT2D eigenvalue weighted by atomic mass is 9.99. The molecule has 17 heavy (non-hydrogen) atoms. The van der Waals surface area contributed by atoms with E-state index in [4.69, 9.17) is 0 Å². The van der Waals surface area contributed by atoms with Crippen LogP contribution in [0, 0.1) is 5.82 Å². The molecule has 0 spiro atoms. The zero-order valence-corrected chi connectivity index (χ0v) is 9.41. The number of nitrogens with zero attached hydrogens (tertiary/aromatic N) is 1. The van der Waals surface area contributed by atoms with E-state index in [0.717, 1.165) is 35.2 Å². The summed E-state index contributed by atoms with van der Waals surface area (Å²) >= 11 is 0. The summed E-state index contributed by atoms with van der Waals surface area (Å²) in [5.41, 5.74) is 5.07. The number of hydrogen-bond acceptors (Lipinski definition) is 1. The van der Waals surface area contributed by atoms with Crippen LogP contribution in [-0.4, -0.2) is 4.98 Å². The summed E-state index contributed by atoms with van der Waals surface area (Å²) in [5, 5.41) is 0. The lowest BCUT2D eigenvalue weighted by Crippen LogP contribution is -1.94. The van der Waals surface area contributed by atoms with Crippen molar-refractivity contribution in [2.45, 2.75) is 12.8 Å². The van der Waals surface area contributed by atoms with Gasteiger partial charge in [0, 0.05) is 11.8 Å². The van der Waals surface area contributed by atoms with Gasteiger partial charge in [-0.2, -0.15) is 0 Å². The highest BCUT2D eigenvalue weighted by Gasteiger charge is 2.17. The maximum absolute atomic E-state index is 13.2. The van der Waals surface area contributed by atoms with E-state index in [1.807, 2.05) is 6.07 Å². The first-order valence-corrected chi connectivity index (χ1v) is 5.67. The van der Waals surface area contributed by atoms with E-state index < -0.39 is 0 Å². The van der Waals surface area contributed by atoms with Crippen LogP contribution < -0.4 is 0 Å². The number of rotatable bonds is 0. The van der Waals surface area contributed by atoms with Crippen LogP contribution in [0.25, 0.3) is 5.57 Å². The van der Waals surface area contributed by atoms with Crippen LogP contribution in [0.3, 0.4) is 0 Å². The summed E-state index contributed by atoms with van der Waals surface area (Å²) in [6.07, 6.45) is 3.50. The average Bonchev–Trinajstić information content (AvgIpc) is 2.48. The Morgan fingerprint density at radius 2 is 1.94 bits per heavy atom. The predicted molar refractivity (Wildman–Crippen MR) is 66.2 cm³/mol. The van der Waals surface area contributed by atoms with Gasteiger partial charge in [-0.05, 0) is 47.7 Å².